The maximum Gasteiger partial charge on any atom is 0.508 e. The molecule has 0 radical (unpaired) electrons. The number of ketones is 1. The Balaban J connectivity index is 1.74. The number of aliphatic hydroxyl groups excluding tert-OH is 2. The highest BCUT2D eigenvalue weighted by Crippen LogP contribution is 2.64. The van der Waals surface area contributed by atoms with Gasteiger partial charge in [-0.1, -0.05) is 52.8 Å². The Bertz CT molecular complexity index is 1910. The van der Waals surface area contributed by atoms with Crippen molar-refractivity contribution in [1.29, 1.82) is 0 Å². The Morgan fingerprint density at radius 2 is 1.58 bits per heavy atom. The summed E-state index contributed by atoms with van der Waals surface area (Å²) in [6.07, 6.45) is -12.8. The average molecular weight is 846 g/mol. The zero-order valence-electron chi connectivity index (χ0n) is 36.3. The number of nitrogens with one attached hydrogen (secondary N) is 1. The zero-order valence-corrected chi connectivity index (χ0v) is 36.3. The van der Waals surface area contributed by atoms with Gasteiger partial charge >= 0.3 is 30.2 Å². The molecule has 4 aliphatic rings. The van der Waals surface area contributed by atoms with Crippen molar-refractivity contribution in [3.05, 3.63) is 47.0 Å². The molecule has 1 heterocycles. The first-order chi connectivity index (χ1) is 27.6. The molecule has 11 atom stereocenters. The van der Waals surface area contributed by atoms with E-state index in [0.717, 1.165) is 14.0 Å². The van der Waals surface area contributed by atoms with Gasteiger partial charge in [-0.3, -0.25) is 9.59 Å². The van der Waals surface area contributed by atoms with E-state index in [1.807, 2.05) is 0 Å². The van der Waals surface area contributed by atoms with Crippen LogP contribution in [0.2, 0.25) is 0 Å². The lowest BCUT2D eigenvalue weighted by Gasteiger charge is -2.67. The number of carbonyl (C=O) groups is 6. The molecule has 17 nitrogen and oxygen atoms in total. The maximum absolute atomic E-state index is 15.4. The number of esters is 3. The lowest BCUT2D eigenvalue weighted by Crippen LogP contribution is -2.82. The van der Waals surface area contributed by atoms with Crippen LogP contribution in [0.5, 0.6) is 0 Å². The van der Waals surface area contributed by atoms with Gasteiger partial charge in [-0.2, -0.15) is 0 Å². The number of amides is 1. The van der Waals surface area contributed by atoms with E-state index >= 15 is 4.79 Å². The molecule has 1 aromatic rings. The molecular weight excluding hydrogens is 786 g/mol. The van der Waals surface area contributed by atoms with Crippen LogP contribution in [0.1, 0.15) is 99.4 Å². The molecule has 2 bridgehead atoms. The first-order valence-corrected chi connectivity index (χ1v) is 19.9. The van der Waals surface area contributed by atoms with Crippen LogP contribution >= 0.6 is 0 Å². The molecule has 0 aromatic heterocycles. The van der Waals surface area contributed by atoms with E-state index < -0.39 is 124 Å². The van der Waals surface area contributed by atoms with Crippen LogP contribution in [-0.2, 0) is 47.5 Å². The number of aliphatic hydroxyl groups is 3. The van der Waals surface area contributed by atoms with E-state index in [2.05, 4.69) is 5.32 Å². The summed E-state index contributed by atoms with van der Waals surface area (Å²) in [5.74, 6) is -5.62. The Kier molecular flexibility index (Phi) is 12.4. The Morgan fingerprint density at radius 3 is 2.10 bits per heavy atom. The predicted molar refractivity (Wildman–Crippen MR) is 209 cm³/mol. The largest absolute Gasteiger partial charge is 0.508 e. The molecule has 3 fully saturated rings. The number of hydrogen-bond donors (Lipinski definition) is 4. The zero-order chi connectivity index (χ0) is 45.1. The van der Waals surface area contributed by atoms with E-state index in [0.29, 0.717) is 0 Å². The maximum atomic E-state index is 15.4. The lowest BCUT2D eigenvalue weighted by molar-refractivity contribution is -0.344. The molecule has 5 rings (SSSR count). The monoisotopic (exact) mass is 845 g/mol. The first-order valence-electron chi connectivity index (χ1n) is 19.9. The number of fused-ring (bicyclic) bond motifs is 5. The van der Waals surface area contributed by atoms with Crippen molar-refractivity contribution in [2.75, 3.05) is 13.7 Å². The van der Waals surface area contributed by atoms with E-state index in [1.54, 1.807) is 59.7 Å². The van der Waals surface area contributed by atoms with E-state index in [-0.39, 0.29) is 29.7 Å². The summed E-state index contributed by atoms with van der Waals surface area (Å²) in [6, 6.07) is 6.50. The van der Waals surface area contributed by atoms with Crippen LogP contribution in [0.15, 0.2) is 41.5 Å². The molecule has 332 valence electrons. The first kappa shape index (κ1) is 46.5. The highest BCUT2D eigenvalue weighted by Gasteiger charge is 2.78. The Labute approximate surface area is 349 Å². The highest BCUT2D eigenvalue weighted by molar-refractivity contribution is 5.95. The van der Waals surface area contributed by atoms with Crippen LogP contribution in [-0.4, -0.2) is 124 Å². The molecule has 4 N–H and O–H groups in total. The molecule has 1 aliphatic heterocycles. The van der Waals surface area contributed by atoms with Gasteiger partial charge in [-0.05, 0) is 63.3 Å². The smallest absolute Gasteiger partial charge is 0.456 e. The number of methoxy groups -OCH3 is 1. The van der Waals surface area contributed by atoms with Crippen LogP contribution in [0, 0.1) is 22.2 Å². The van der Waals surface area contributed by atoms with Crippen LogP contribution in [0.25, 0.3) is 0 Å². The normalized spacial score (nSPS) is 33.1. The van der Waals surface area contributed by atoms with E-state index in [9.17, 15) is 39.3 Å². The third-order valence-electron chi connectivity index (χ3n) is 12.7. The van der Waals surface area contributed by atoms with Gasteiger partial charge in [0.05, 0.1) is 42.8 Å². The Hall–Kier alpha value is -4.58. The quantitative estimate of drug-likeness (QED) is 0.166. The average Bonchev–Trinajstić information content (AvgIpc) is 3.13. The SMILES string of the molecule is COC(=O)O[C@@]12CO[C@@H]1C[C@H](O)[C@@]1(C)C(=O)[C@H](OC(C)=O)C3=C(C)[C@@H](OC(=O)[C@H](O)[C@@H](NC(=O)OC(C)(C)C)C(C)(C)C)C[C@@](O)(C(OC(=O)c4ccccc4)C12)C3(C)C. The predicted octanol–water partition coefficient (Wildman–Crippen LogP) is 3.72. The van der Waals surface area contributed by atoms with E-state index in [1.165, 1.54) is 39.8 Å². The van der Waals surface area contributed by atoms with Crippen molar-refractivity contribution in [2.45, 2.75) is 148 Å². The summed E-state index contributed by atoms with van der Waals surface area (Å²) < 4.78 is 40.3. The summed E-state index contributed by atoms with van der Waals surface area (Å²) in [6.45, 7) is 16.6. The van der Waals surface area contributed by atoms with Crippen LogP contribution in [0.3, 0.4) is 0 Å². The van der Waals surface area contributed by atoms with Gasteiger partial charge in [0.1, 0.15) is 29.5 Å². The molecule has 2 unspecified atom stereocenters. The van der Waals surface area contributed by atoms with Gasteiger partial charge in [0, 0.05) is 25.2 Å². The van der Waals surface area contributed by atoms with Gasteiger partial charge in [-0.25, -0.2) is 19.2 Å². The van der Waals surface area contributed by atoms with Crippen molar-refractivity contribution in [2.24, 2.45) is 22.2 Å². The number of carbonyl (C=O) groups excluding carboxylic acids is 6. The van der Waals surface area contributed by atoms with Gasteiger partial charge in [0.25, 0.3) is 0 Å². The van der Waals surface area contributed by atoms with Gasteiger partial charge < -0.3 is 53.8 Å². The molecule has 1 amide bonds. The summed E-state index contributed by atoms with van der Waals surface area (Å²) in [4.78, 5) is 82.7. The van der Waals surface area contributed by atoms with Gasteiger partial charge in [-0.15, -0.1) is 0 Å². The van der Waals surface area contributed by atoms with Crippen molar-refractivity contribution in [3.63, 3.8) is 0 Å². The number of ether oxygens (including phenoxy) is 7. The number of alkyl carbamates (subject to hydrolysis) is 1. The van der Waals surface area contributed by atoms with Crippen molar-refractivity contribution >= 4 is 35.9 Å². The number of hydrogen-bond acceptors (Lipinski definition) is 16. The van der Waals surface area contributed by atoms with Gasteiger partial charge in [0.15, 0.2) is 23.6 Å². The van der Waals surface area contributed by atoms with E-state index in [4.69, 9.17) is 33.2 Å². The van der Waals surface area contributed by atoms with Crippen LogP contribution < -0.4 is 5.32 Å². The van der Waals surface area contributed by atoms with Crippen molar-refractivity contribution < 1.29 is 77.2 Å². The number of benzene rings is 1. The standard InChI is InChI=1S/C43H59NO16/c1-21-24(57-35(50)28(47)31(38(3,4)5)44-36(51)59-39(6,7)8)19-43(53)33(58-34(49)23-16-14-13-15-17-23)30-41(11,32(48)29(56-22(2)45)27(21)40(43,9)10)25(46)18-26-42(30,20-55-26)60-37(52)54-12/h13-17,24-26,28-31,33,46-47,53H,18-20H2,1-12H3,(H,44,51)/t24-,25-,26+,28+,29+,30?,31+,33?,41+,42-,43+/m0/s1. The second kappa shape index (κ2) is 16.0. The fraction of sp³-hybridized carbons (Fsp3) is 0.674. The lowest BCUT2D eigenvalue weighted by atomic mass is 9.44. The fourth-order valence-electron chi connectivity index (χ4n) is 9.50. The molecule has 3 aliphatic carbocycles. The molecule has 60 heavy (non-hydrogen) atoms. The second-order valence-electron chi connectivity index (χ2n) is 19.1. The van der Waals surface area contributed by atoms with Crippen molar-refractivity contribution in [3.8, 4) is 0 Å². The highest BCUT2D eigenvalue weighted by atomic mass is 16.8. The second-order valence-corrected chi connectivity index (χ2v) is 19.1. The molecule has 2 saturated carbocycles. The molecule has 0 spiro atoms. The van der Waals surface area contributed by atoms with Crippen molar-refractivity contribution in [1.82, 2.24) is 5.32 Å². The van der Waals surface area contributed by atoms with Gasteiger partial charge in [0.2, 0.25) is 0 Å². The topological polar surface area (TPSA) is 240 Å². The Morgan fingerprint density at radius 1 is 0.967 bits per heavy atom. The number of Topliss-reactive ketones (excluding diaryl/α,β-unsaturated/α-hetero) is 1. The molecule has 17 heteroatoms. The third-order valence-corrected chi connectivity index (χ3v) is 12.7. The summed E-state index contributed by atoms with van der Waals surface area (Å²) in [5.41, 5.74) is -9.78. The number of rotatable bonds is 8. The molecule has 1 aromatic carbocycles. The molecular formula is C43H59NO16. The minimum Gasteiger partial charge on any atom is -0.456 e. The van der Waals surface area contributed by atoms with Crippen LogP contribution in [0.4, 0.5) is 9.59 Å². The fourth-order valence-corrected chi connectivity index (χ4v) is 9.50. The minimum atomic E-state index is -2.42. The summed E-state index contributed by atoms with van der Waals surface area (Å²) in [7, 11) is 1.07. The minimum absolute atomic E-state index is 0.0226. The third kappa shape index (κ3) is 8.00. The summed E-state index contributed by atoms with van der Waals surface area (Å²) >= 11 is 0. The summed E-state index contributed by atoms with van der Waals surface area (Å²) in [5, 5.41) is 39.8. The molecule has 1 saturated heterocycles.